The van der Waals surface area contributed by atoms with Crippen molar-refractivity contribution in [2.75, 3.05) is 0 Å². The summed E-state index contributed by atoms with van der Waals surface area (Å²) in [5.41, 5.74) is 0.0287. The van der Waals surface area contributed by atoms with E-state index in [1.54, 1.807) is 6.92 Å². The van der Waals surface area contributed by atoms with Crippen LogP contribution in [0.4, 0.5) is 13.2 Å². The van der Waals surface area contributed by atoms with Gasteiger partial charge in [-0.2, -0.15) is 13.2 Å². The largest absolute Gasteiger partial charge is 0.416 e. The number of amides is 1. The van der Waals surface area contributed by atoms with Gasteiger partial charge in [-0.15, -0.1) is 0 Å². The number of nitrogens with one attached hydrogen (secondary N) is 1. The van der Waals surface area contributed by atoms with E-state index >= 15 is 0 Å². The highest BCUT2D eigenvalue weighted by Gasteiger charge is 2.40. The maximum Gasteiger partial charge on any atom is 0.416 e. The third-order valence-electron chi connectivity index (χ3n) is 5.45. The van der Waals surface area contributed by atoms with E-state index in [1.165, 1.54) is 31.4 Å². The van der Waals surface area contributed by atoms with Crippen LogP contribution in [-0.4, -0.2) is 5.91 Å². The van der Waals surface area contributed by atoms with Gasteiger partial charge in [-0.05, 0) is 61.6 Å². The Balaban J connectivity index is 1.54. The molecule has 0 spiro atoms. The van der Waals surface area contributed by atoms with Gasteiger partial charge >= 0.3 is 6.18 Å². The number of benzene rings is 1. The zero-order valence-electron chi connectivity index (χ0n) is 13.2. The highest BCUT2D eigenvalue weighted by Crippen LogP contribution is 2.49. The first kappa shape index (κ1) is 16.3. The zero-order valence-corrected chi connectivity index (χ0v) is 13.2. The molecule has 2 bridgehead atoms. The molecule has 2 aliphatic rings. The Bertz CT molecular complexity index is 567. The molecule has 2 aliphatic carbocycles. The van der Waals surface area contributed by atoms with E-state index in [-0.39, 0.29) is 11.9 Å². The molecule has 0 saturated heterocycles. The summed E-state index contributed by atoms with van der Waals surface area (Å²) in [4.78, 5) is 12.2. The molecule has 0 unspecified atom stereocenters. The molecule has 23 heavy (non-hydrogen) atoms. The van der Waals surface area contributed by atoms with Gasteiger partial charge in [0.1, 0.15) is 0 Å². The van der Waals surface area contributed by atoms with Crippen molar-refractivity contribution in [3.63, 3.8) is 0 Å². The summed E-state index contributed by atoms with van der Waals surface area (Å²) in [5, 5.41) is 2.92. The van der Waals surface area contributed by atoms with Crippen LogP contribution in [0.15, 0.2) is 24.3 Å². The van der Waals surface area contributed by atoms with Crippen LogP contribution in [0.2, 0.25) is 0 Å². The first-order chi connectivity index (χ1) is 10.8. The van der Waals surface area contributed by atoms with Gasteiger partial charge < -0.3 is 5.32 Å². The predicted molar refractivity (Wildman–Crippen MR) is 81.6 cm³/mol. The second-order valence-corrected chi connectivity index (χ2v) is 7.05. The van der Waals surface area contributed by atoms with Crippen LogP contribution in [0.25, 0.3) is 0 Å². The van der Waals surface area contributed by atoms with Crippen molar-refractivity contribution in [3.8, 4) is 0 Å². The average molecular weight is 325 g/mol. The van der Waals surface area contributed by atoms with Gasteiger partial charge in [0.15, 0.2) is 0 Å². The van der Waals surface area contributed by atoms with Crippen molar-refractivity contribution >= 4 is 5.91 Å². The molecule has 1 aromatic carbocycles. The molecule has 5 heteroatoms. The topological polar surface area (TPSA) is 29.1 Å². The summed E-state index contributed by atoms with van der Waals surface area (Å²) in [7, 11) is 0. The fraction of sp³-hybridized carbons (Fsp3) is 0.611. The molecular weight excluding hydrogens is 303 g/mol. The van der Waals surface area contributed by atoms with Crippen molar-refractivity contribution in [3.05, 3.63) is 35.4 Å². The van der Waals surface area contributed by atoms with Gasteiger partial charge in [0.05, 0.1) is 11.6 Å². The number of carbonyl (C=O) groups excluding carboxylic acids is 1. The average Bonchev–Trinajstić information content (AvgIpc) is 3.09. The number of hydrogen-bond acceptors (Lipinski definition) is 1. The fourth-order valence-electron chi connectivity index (χ4n) is 4.21. The third kappa shape index (κ3) is 3.70. The molecule has 0 heterocycles. The molecule has 3 rings (SSSR count). The van der Waals surface area contributed by atoms with E-state index in [0.717, 1.165) is 24.5 Å². The van der Waals surface area contributed by atoms with Crippen LogP contribution < -0.4 is 5.32 Å². The minimum absolute atomic E-state index is 0.00921. The molecule has 0 aromatic heterocycles. The summed E-state index contributed by atoms with van der Waals surface area (Å²) in [5.74, 6) is 2.01. The number of alkyl halides is 3. The quantitative estimate of drug-likeness (QED) is 0.853. The number of halogens is 3. The zero-order chi connectivity index (χ0) is 16.6. The molecule has 0 radical (unpaired) electrons. The minimum atomic E-state index is -4.33. The normalized spacial score (nSPS) is 27.9. The summed E-state index contributed by atoms with van der Waals surface area (Å²) in [6.45, 7) is 1.81. The van der Waals surface area contributed by atoms with Crippen molar-refractivity contribution in [2.24, 2.45) is 17.8 Å². The highest BCUT2D eigenvalue weighted by molar-refractivity contribution is 5.76. The van der Waals surface area contributed by atoms with Gasteiger partial charge in [0.25, 0.3) is 0 Å². The Labute approximate surface area is 134 Å². The Hall–Kier alpha value is -1.52. The van der Waals surface area contributed by atoms with Gasteiger partial charge in [0, 0.05) is 6.42 Å². The van der Waals surface area contributed by atoms with E-state index < -0.39 is 11.7 Å². The van der Waals surface area contributed by atoms with Crippen LogP contribution in [0.5, 0.6) is 0 Å². The van der Waals surface area contributed by atoms with Crippen LogP contribution in [0, 0.1) is 17.8 Å². The summed E-state index contributed by atoms with van der Waals surface area (Å²) < 4.78 is 37.7. The summed E-state index contributed by atoms with van der Waals surface area (Å²) in [6, 6.07) is 4.72. The SMILES string of the molecule is C[C@H](NC(=O)C[C@H]1C[C@H]2CC[C@H]1C2)c1ccc(C(F)(F)F)cc1. The number of rotatable bonds is 4. The molecule has 1 amide bonds. The van der Waals surface area contributed by atoms with E-state index in [0.29, 0.717) is 23.8 Å². The standard InChI is InChI=1S/C18H22F3NO/c1-11(13-4-6-16(7-5-13)18(19,20)21)22-17(23)10-15-9-12-2-3-14(15)8-12/h4-7,11-12,14-15H,2-3,8-10H2,1H3,(H,22,23)/t11-,12-,14-,15+/m0/s1. The van der Waals surface area contributed by atoms with Crippen LogP contribution in [0.3, 0.4) is 0 Å². The van der Waals surface area contributed by atoms with Crippen LogP contribution in [-0.2, 0) is 11.0 Å². The van der Waals surface area contributed by atoms with E-state index in [2.05, 4.69) is 5.32 Å². The monoisotopic (exact) mass is 325 g/mol. The number of fused-ring (bicyclic) bond motifs is 2. The van der Waals surface area contributed by atoms with Gasteiger partial charge in [0.2, 0.25) is 5.91 Å². The highest BCUT2D eigenvalue weighted by atomic mass is 19.4. The molecule has 126 valence electrons. The van der Waals surface area contributed by atoms with Gasteiger partial charge in [-0.1, -0.05) is 18.6 Å². The number of hydrogen-bond donors (Lipinski definition) is 1. The maximum absolute atomic E-state index is 12.6. The Morgan fingerprint density at radius 2 is 1.91 bits per heavy atom. The molecule has 2 fully saturated rings. The second-order valence-electron chi connectivity index (χ2n) is 7.05. The predicted octanol–water partition coefficient (Wildman–Crippen LogP) is 4.71. The van der Waals surface area contributed by atoms with E-state index in [9.17, 15) is 18.0 Å². The van der Waals surface area contributed by atoms with Gasteiger partial charge in [-0.3, -0.25) is 4.79 Å². The lowest BCUT2D eigenvalue weighted by Crippen LogP contribution is -2.29. The maximum atomic E-state index is 12.6. The van der Waals surface area contributed by atoms with E-state index in [4.69, 9.17) is 0 Å². The molecule has 1 N–H and O–H groups in total. The van der Waals surface area contributed by atoms with Gasteiger partial charge in [-0.25, -0.2) is 0 Å². The van der Waals surface area contributed by atoms with E-state index in [1.807, 2.05) is 0 Å². The smallest absolute Gasteiger partial charge is 0.350 e. The first-order valence-electron chi connectivity index (χ1n) is 8.29. The fourth-order valence-corrected chi connectivity index (χ4v) is 4.21. The van der Waals surface area contributed by atoms with Crippen LogP contribution in [0.1, 0.15) is 56.2 Å². The molecule has 2 saturated carbocycles. The molecule has 4 atom stereocenters. The minimum Gasteiger partial charge on any atom is -0.350 e. The first-order valence-corrected chi connectivity index (χ1v) is 8.29. The second kappa shape index (κ2) is 6.17. The summed E-state index contributed by atoms with van der Waals surface area (Å²) >= 11 is 0. The van der Waals surface area contributed by atoms with Crippen molar-refractivity contribution < 1.29 is 18.0 Å². The Morgan fingerprint density at radius 3 is 2.43 bits per heavy atom. The summed E-state index contributed by atoms with van der Waals surface area (Å²) in [6.07, 6.45) is 1.21. The number of carbonyl (C=O) groups is 1. The Morgan fingerprint density at radius 1 is 1.22 bits per heavy atom. The lowest BCUT2D eigenvalue weighted by Gasteiger charge is -2.22. The molecular formula is C18H22F3NO. The molecule has 1 aromatic rings. The lowest BCUT2D eigenvalue weighted by atomic mass is 9.86. The molecule has 0 aliphatic heterocycles. The van der Waals surface area contributed by atoms with Crippen LogP contribution >= 0.6 is 0 Å². The van der Waals surface area contributed by atoms with Crippen molar-refractivity contribution in [2.45, 2.75) is 51.2 Å². The van der Waals surface area contributed by atoms with Crippen molar-refractivity contribution in [1.29, 1.82) is 0 Å². The Kier molecular flexibility index (Phi) is 4.39. The lowest BCUT2D eigenvalue weighted by molar-refractivity contribution is -0.137. The van der Waals surface area contributed by atoms with Crippen molar-refractivity contribution in [1.82, 2.24) is 5.32 Å². The third-order valence-corrected chi connectivity index (χ3v) is 5.45. The molecule has 2 nitrogen and oxygen atoms in total.